The molecule has 0 saturated carbocycles. The second-order valence-electron chi connectivity index (χ2n) is 5.80. The lowest BCUT2D eigenvalue weighted by atomic mass is 10.1. The number of nitrogens with one attached hydrogen (secondary N) is 1. The Hall–Kier alpha value is -2.60. The molecule has 6 nitrogen and oxygen atoms in total. The van der Waals surface area contributed by atoms with E-state index in [4.69, 9.17) is 26.4 Å². The molecule has 156 valence electrons. The topological polar surface area (TPSA) is 78.1 Å². The third kappa shape index (κ3) is 8.52. The maximum atomic E-state index is 6.04. The maximum Gasteiger partial charge on any atom is 0.193 e. The second kappa shape index (κ2) is 13.6. The number of terminal acetylenes is 1. The van der Waals surface area contributed by atoms with Gasteiger partial charge < -0.3 is 25.3 Å². The Balaban J connectivity index is 0.00000420. The van der Waals surface area contributed by atoms with Crippen molar-refractivity contribution in [2.45, 2.75) is 20.3 Å². The van der Waals surface area contributed by atoms with E-state index in [0.29, 0.717) is 31.5 Å². The number of benzene rings is 2. The highest BCUT2D eigenvalue weighted by atomic mass is 127. The van der Waals surface area contributed by atoms with Gasteiger partial charge in [-0.25, -0.2) is 0 Å². The molecule has 29 heavy (non-hydrogen) atoms. The smallest absolute Gasteiger partial charge is 0.193 e. The summed E-state index contributed by atoms with van der Waals surface area (Å²) in [7, 11) is 0. The van der Waals surface area contributed by atoms with E-state index in [0.717, 1.165) is 29.2 Å². The highest BCUT2D eigenvalue weighted by Crippen LogP contribution is 2.29. The van der Waals surface area contributed by atoms with Crippen molar-refractivity contribution in [1.82, 2.24) is 0 Å². The lowest BCUT2D eigenvalue weighted by molar-refractivity contribution is 0.332. The molecule has 0 aliphatic heterocycles. The summed E-state index contributed by atoms with van der Waals surface area (Å²) in [6, 6.07) is 13.3. The summed E-state index contributed by atoms with van der Waals surface area (Å²) in [5, 5.41) is 3.10. The van der Waals surface area contributed by atoms with E-state index in [1.165, 1.54) is 0 Å². The molecule has 0 bridgehead atoms. The summed E-state index contributed by atoms with van der Waals surface area (Å²) in [4.78, 5) is 4.39. The first-order valence-corrected chi connectivity index (χ1v) is 9.28. The second-order valence-corrected chi connectivity index (χ2v) is 5.80. The molecule has 0 unspecified atom stereocenters. The van der Waals surface area contributed by atoms with E-state index < -0.39 is 0 Å². The molecule has 0 amide bonds. The van der Waals surface area contributed by atoms with Gasteiger partial charge in [0.1, 0.15) is 23.9 Å². The fourth-order valence-corrected chi connectivity index (χ4v) is 2.50. The van der Waals surface area contributed by atoms with Crippen molar-refractivity contribution in [2.24, 2.45) is 10.7 Å². The SMILES string of the molecule is C#CCOc1ccc(CCN=C(N)Nc2cc(OCC)ccc2OCC)cc1.I. The van der Waals surface area contributed by atoms with E-state index in [-0.39, 0.29) is 30.6 Å². The van der Waals surface area contributed by atoms with Crippen LogP contribution in [0.3, 0.4) is 0 Å². The van der Waals surface area contributed by atoms with Crippen LogP contribution in [-0.4, -0.2) is 32.3 Å². The molecule has 0 spiro atoms. The number of nitrogens with two attached hydrogens (primary N) is 1. The molecule has 0 aliphatic carbocycles. The average molecular weight is 509 g/mol. The first-order valence-electron chi connectivity index (χ1n) is 9.28. The van der Waals surface area contributed by atoms with Crippen LogP contribution in [0.5, 0.6) is 17.2 Å². The van der Waals surface area contributed by atoms with Crippen LogP contribution in [0, 0.1) is 12.3 Å². The molecule has 0 saturated heterocycles. The summed E-state index contributed by atoms with van der Waals surface area (Å²) in [5.41, 5.74) is 7.90. The van der Waals surface area contributed by atoms with Crippen molar-refractivity contribution in [2.75, 3.05) is 31.7 Å². The van der Waals surface area contributed by atoms with E-state index in [2.05, 4.69) is 16.2 Å². The van der Waals surface area contributed by atoms with E-state index in [1.54, 1.807) is 0 Å². The molecule has 0 aliphatic rings. The largest absolute Gasteiger partial charge is 0.494 e. The van der Waals surface area contributed by atoms with Crippen LogP contribution < -0.4 is 25.3 Å². The summed E-state index contributed by atoms with van der Waals surface area (Å²) in [6.07, 6.45) is 5.94. The summed E-state index contributed by atoms with van der Waals surface area (Å²) in [6.45, 7) is 5.83. The maximum absolute atomic E-state index is 6.04. The first kappa shape index (κ1) is 24.4. The molecule has 2 aromatic carbocycles. The number of hydrogen-bond donors (Lipinski definition) is 2. The van der Waals surface area contributed by atoms with Gasteiger partial charge in [-0.2, -0.15) is 0 Å². The zero-order chi connectivity index (χ0) is 20.2. The Morgan fingerprint density at radius 2 is 1.72 bits per heavy atom. The Morgan fingerprint density at radius 3 is 2.38 bits per heavy atom. The Kier molecular flexibility index (Phi) is 11.4. The number of guanidine groups is 1. The minimum absolute atomic E-state index is 0. The third-order valence-corrected chi connectivity index (χ3v) is 3.75. The van der Waals surface area contributed by atoms with Crippen molar-refractivity contribution in [1.29, 1.82) is 0 Å². The molecule has 0 heterocycles. The third-order valence-electron chi connectivity index (χ3n) is 3.75. The van der Waals surface area contributed by atoms with Gasteiger partial charge in [-0.05, 0) is 50.1 Å². The predicted molar refractivity (Wildman–Crippen MR) is 129 cm³/mol. The molecule has 0 aromatic heterocycles. The van der Waals surface area contributed by atoms with Gasteiger partial charge in [0.15, 0.2) is 5.96 Å². The van der Waals surface area contributed by atoms with Crippen molar-refractivity contribution < 1.29 is 14.2 Å². The van der Waals surface area contributed by atoms with Crippen LogP contribution in [0.25, 0.3) is 0 Å². The summed E-state index contributed by atoms with van der Waals surface area (Å²) < 4.78 is 16.5. The number of aliphatic imine (C=N–C) groups is 1. The molecule has 0 fully saturated rings. The summed E-state index contributed by atoms with van der Waals surface area (Å²) in [5.74, 6) is 4.96. The quantitative estimate of drug-likeness (QED) is 0.219. The number of rotatable bonds is 10. The van der Waals surface area contributed by atoms with Gasteiger partial charge in [0, 0.05) is 12.6 Å². The molecule has 0 radical (unpaired) electrons. The normalized spacial score (nSPS) is 10.4. The van der Waals surface area contributed by atoms with E-state index in [9.17, 15) is 0 Å². The van der Waals surface area contributed by atoms with Crippen LogP contribution in [-0.2, 0) is 6.42 Å². The van der Waals surface area contributed by atoms with Gasteiger partial charge in [0.25, 0.3) is 0 Å². The van der Waals surface area contributed by atoms with Gasteiger partial charge >= 0.3 is 0 Å². The predicted octanol–water partition coefficient (Wildman–Crippen LogP) is 4.08. The number of ether oxygens (including phenoxy) is 3. The van der Waals surface area contributed by atoms with Gasteiger partial charge in [0.2, 0.25) is 0 Å². The average Bonchev–Trinajstić information content (AvgIpc) is 2.70. The van der Waals surface area contributed by atoms with Gasteiger partial charge in [-0.1, -0.05) is 18.1 Å². The lowest BCUT2D eigenvalue weighted by Crippen LogP contribution is -2.23. The number of hydrogen-bond acceptors (Lipinski definition) is 4. The minimum atomic E-state index is 0. The minimum Gasteiger partial charge on any atom is -0.494 e. The van der Waals surface area contributed by atoms with Gasteiger partial charge in [0.05, 0.1) is 18.9 Å². The number of anilines is 1. The highest BCUT2D eigenvalue weighted by Gasteiger charge is 2.07. The number of halogens is 1. The van der Waals surface area contributed by atoms with Crippen LogP contribution in [0.1, 0.15) is 19.4 Å². The molecule has 2 aromatic rings. The Morgan fingerprint density at radius 1 is 1.03 bits per heavy atom. The van der Waals surface area contributed by atoms with E-state index in [1.807, 2.05) is 56.3 Å². The van der Waals surface area contributed by atoms with Crippen molar-refractivity contribution >= 4 is 35.6 Å². The zero-order valence-electron chi connectivity index (χ0n) is 16.8. The standard InChI is InChI=1S/C22H27N3O3.HI/c1-4-15-28-18-9-7-17(8-10-18)13-14-24-22(23)25-20-16-19(26-5-2)11-12-21(20)27-6-3;/h1,7-12,16H,5-6,13-15H2,2-3H3,(H3,23,24,25);1H. The molecule has 0 atom stereocenters. The molecule has 2 rings (SSSR count). The van der Waals surface area contributed by atoms with Crippen molar-refractivity contribution in [3.05, 3.63) is 48.0 Å². The van der Waals surface area contributed by atoms with Crippen LogP contribution >= 0.6 is 24.0 Å². The van der Waals surface area contributed by atoms with Crippen LogP contribution in [0.15, 0.2) is 47.5 Å². The monoisotopic (exact) mass is 509 g/mol. The number of nitrogens with zero attached hydrogens (tertiary/aromatic N) is 1. The Labute approximate surface area is 189 Å². The van der Waals surface area contributed by atoms with E-state index >= 15 is 0 Å². The van der Waals surface area contributed by atoms with Gasteiger partial charge in [-0.3, -0.25) is 4.99 Å². The lowest BCUT2D eigenvalue weighted by Gasteiger charge is -2.14. The van der Waals surface area contributed by atoms with Crippen LogP contribution in [0.2, 0.25) is 0 Å². The highest BCUT2D eigenvalue weighted by molar-refractivity contribution is 14.0. The van der Waals surface area contributed by atoms with Gasteiger partial charge in [-0.15, -0.1) is 30.4 Å². The fourth-order valence-electron chi connectivity index (χ4n) is 2.50. The molecular formula is C22H28IN3O3. The zero-order valence-corrected chi connectivity index (χ0v) is 19.1. The van der Waals surface area contributed by atoms with Crippen LogP contribution in [0.4, 0.5) is 5.69 Å². The first-order chi connectivity index (χ1) is 13.7. The molecule has 7 heteroatoms. The fraction of sp³-hybridized carbons (Fsp3) is 0.318. The van der Waals surface area contributed by atoms with Crippen molar-refractivity contribution in [3.63, 3.8) is 0 Å². The molecular weight excluding hydrogens is 481 g/mol. The molecule has 3 N–H and O–H groups in total. The Bertz CT molecular complexity index is 817. The summed E-state index contributed by atoms with van der Waals surface area (Å²) >= 11 is 0. The van der Waals surface area contributed by atoms with Crippen molar-refractivity contribution in [3.8, 4) is 29.6 Å².